The lowest BCUT2D eigenvalue weighted by Gasteiger charge is -2.29. The number of piperazine rings is 1. The molecule has 1 heterocycles. The summed E-state index contributed by atoms with van der Waals surface area (Å²) >= 11 is 0. The van der Waals surface area contributed by atoms with Gasteiger partial charge < -0.3 is 22.1 Å². The van der Waals surface area contributed by atoms with Crippen LogP contribution in [0.25, 0.3) is 0 Å². The third kappa shape index (κ3) is 2.43. The molecule has 0 aromatic rings. The molecule has 1 fully saturated rings. The van der Waals surface area contributed by atoms with Gasteiger partial charge in [-0.05, 0) is 25.9 Å². The average Bonchev–Trinajstić information content (AvgIpc) is 2.14. The molecule has 1 rings (SSSR count). The van der Waals surface area contributed by atoms with E-state index in [-0.39, 0.29) is 11.8 Å². The first-order valence-electron chi connectivity index (χ1n) is 4.70. The molecule has 6 nitrogen and oxygen atoms in total. The van der Waals surface area contributed by atoms with Crippen molar-refractivity contribution in [1.82, 2.24) is 10.6 Å². The van der Waals surface area contributed by atoms with Crippen LogP contribution in [0.15, 0.2) is 0 Å². The Balaban J connectivity index is 2.53. The topological polar surface area (TPSA) is 110 Å². The first-order chi connectivity index (χ1) is 6.69. The van der Waals surface area contributed by atoms with E-state index in [4.69, 9.17) is 11.5 Å². The summed E-state index contributed by atoms with van der Waals surface area (Å²) in [5, 5.41) is 5.23. The monoisotopic (exact) mass is 200 g/mol. The van der Waals surface area contributed by atoms with Crippen molar-refractivity contribution in [3.63, 3.8) is 0 Å². The fourth-order valence-corrected chi connectivity index (χ4v) is 1.42. The van der Waals surface area contributed by atoms with Crippen LogP contribution in [0, 0.1) is 0 Å². The molecular weight excluding hydrogens is 184 g/mol. The van der Waals surface area contributed by atoms with Crippen molar-refractivity contribution in [2.24, 2.45) is 11.5 Å². The molecule has 0 aromatic heterocycles. The van der Waals surface area contributed by atoms with Crippen LogP contribution in [0.1, 0.15) is 12.8 Å². The molecule has 0 spiro atoms. The SMILES string of the molecule is NCCC1NC(=O)C(CCN)NC1=O. The predicted octanol–water partition coefficient (Wildman–Crippen LogP) is -2.33. The zero-order valence-electron chi connectivity index (χ0n) is 7.95. The molecule has 1 aliphatic rings. The van der Waals surface area contributed by atoms with Crippen molar-refractivity contribution in [2.75, 3.05) is 13.1 Å². The molecule has 0 radical (unpaired) electrons. The van der Waals surface area contributed by atoms with Crippen molar-refractivity contribution in [2.45, 2.75) is 24.9 Å². The minimum atomic E-state index is -0.485. The lowest BCUT2D eigenvalue weighted by molar-refractivity contribution is -0.137. The predicted molar refractivity (Wildman–Crippen MR) is 51.2 cm³/mol. The minimum absolute atomic E-state index is 0.173. The lowest BCUT2D eigenvalue weighted by Crippen LogP contribution is -2.62. The average molecular weight is 200 g/mol. The highest BCUT2D eigenvalue weighted by molar-refractivity contribution is 5.96. The van der Waals surface area contributed by atoms with Crippen LogP contribution >= 0.6 is 0 Å². The molecule has 6 heteroatoms. The Bertz CT molecular complexity index is 207. The Labute approximate surface area is 82.4 Å². The largest absolute Gasteiger partial charge is 0.342 e. The number of carbonyl (C=O) groups excluding carboxylic acids is 2. The fraction of sp³-hybridized carbons (Fsp3) is 0.750. The van der Waals surface area contributed by atoms with Gasteiger partial charge in [0.15, 0.2) is 0 Å². The van der Waals surface area contributed by atoms with E-state index in [2.05, 4.69) is 10.6 Å². The zero-order valence-corrected chi connectivity index (χ0v) is 7.95. The van der Waals surface area contributed by atoms with Crippen LogP contribution in [0.2, 0.25) is 0 Å². The Hall–Kier alpha value is -1.14. The number of hydrogen-bond donors (Lipinski definition) is 4. The Morgan fingerprint density at radius 1 is 0.929 bits per heavy atom. The summed E-state index contributed by atoms with van der Waals surface area (Å²) in [5.74, 6) is -0.345. The number of hydrogen-bond acceptors (Lipinski definition) is 4. The van der Waals surface area contributed by atoms with Crippen LogP contribution in [0.4, 0.5) is 0 Å². The minimum Gasteiger partial charge on any atom is -0.342 e. The molecule has 2 amide bonds. The summed E-state index contributed by atoms with van der Waals surface area (Å²) < 4.78 is 0. The Morgan fingerprint density at radius 2 is 1.29 bits per heavy atom. The zero-order chi connectivity index (χ0) is 10.6. The molecule has 14 heavy (non-hydrogen) atoms. The van der Waals surface area contributed by atoms with E-state index in [1.807, 2.05) is 0 Å². The lowest BCUT2D eigenvalue weighted by atomic mass is 10.1. The van der Waals surface area contributed by atoms with E-state index in [0.29, 0.717) is 25.9 Å². The van der Waals surface area contributed by atoms with Crippen molar-refractivity contribution in [3.05, 3.63) is 0 Å². The smallest absolute Gasteiger partial charge is 0.243 e. The van der Waals surface area contributed by atoms with Gasteiger partial charge in [-0.1, -0.05) is 0 Å². The number of nitrogens with two attached hydrogens (primary N) is 2. The molecule has 2 atom stereocenters. The maximum atomic E-state index is 11.4. The maximum absolute atomic E-state index is 11.4. The third-order valence-corrected chi connectivity index (χ3v) is 2.18. The van der Waals surface area contributed by atoms with Crippen molar-refractivity contribution >= 4 is 11.8 Å². The first kappa shape index (κ1) is 10.9. The van der Waals surface area contributed by atoms with E-state index in [1.165, 1.54) is 0 Å². The van der Waals surface area contributed by atoms with Crippen LogP contribution < -0.4 is 22.1 Å². The summed E-state index contributed by atoms with van der Waals surface area (Å²) in [7, 11) is 0. The second-order valence-corrected chi connectivity index (χ2v) is 3.28. The Morgan fingerprint density at radius 3 is 1.57 bits per heavy atom. The molecule has 0 aliphatic carbocycles. The van der Waals surface area contributed by atoms with Crippen molar-refractivity contribution in [3.8, 4) is 0 Å². The fourth-order valence-electron chi connectivity index (χ4n) is 1.42. The normalized spacial score (nSPS) is 27.0. The van der Waals surface area contributed by atoms with Gasteiger partial charge in [0, 0.05) is 0 Å². The van der Waals surface area contributed by atoms with E-state index in [1.54, 1.807) is 0 Å². The van der Waals surface area contributed by atoms with Crippen molar-refractivity contribution < 1.29 is 9.59 Å². The second kappa shape index (κ2) is 4.92. The van der Waals surface area contributed by atoms with Gasteiger partial charge in [-0.2, -0.15) is 0 Å². The molecular formula is C8H16N4O2. The van der Waals surface area contributed by atoms with Crippen LogP contribution in [-0.2, 0) is 9.59 Å². The summed E-state index contributed by atoms with van der Waals surface area (Å²) in [6.07, 6.45) is 0.930. The molecule has 0 bridgehead atoms. The van der Waals surface area contributed by atoms with Crippen LogP contribution in [0.3, 0.4) is 0 Å². The standard InChI is InChI=1S/C8H16N4O2/c9-3-1-5-7(13)12-6(2-4-10)8(14)11-5/h5-6H,1-4,9-10H2,(H,11,14)(H,12,13). The van der Waals surface area contributed by atoms with E-state index in [9.17, 15) is 9.59 Å². The van der Waals surface area contributed by atoms with E-state index >= 15 is 0 Å². The van der Waals surface area contributed by atoms with E-state index < -0.39 is 12.1 Å². The van der Waals surface area contributed by atoms with Gasteiger partial charge in [0.05, 0.1) is 0 Å². The van der Waals surface area contributed by atoms with Gasteiger partial charge in [-0.25, -0.2) is 0 Å². The summed E-state index contributed by atoms with van der Waals surface area (Å²) in [6.45, 7) is 0.750. The highest BCUT2D eigenvalue weighted by Gasteiger charge is 2.32. The molecule has 0 aromatic carbocycles. The summed E-state index contributed by atoms with van der Waals surface area (Å²) in [4.78, 5) is 22.8. The summed E-state index contributed by atoms with van der Waals surface area (Å²) in [5.41, 5.74) is 10.6. The number of nitrogens with one attached hydrogen (secondary N) is 2. The van der Waals surface area contributed by atoms with Crippen LogP contribution in [0.5, 0.6) is 0 Å². The van der Waals surface area contributed by atoms with Gasteiger partial charge >= 0.3 is 0 Å². The van der Waals surface area contributed by atoms with Crippen molar-refractivity contribution in [1.29, 1.82) is 0 Å². The number of carbonyl (C=O) groups is 2. The highest BCUT2D eigenvalue weighted by Crippen LogP contribution is 2.02. The molecule has 80 valence electrons. The van der Waals surface area contributed by atoms with E-state index in [0.717, 1.165) is 0 Å². The molecule has 0 saturated carbocycles. The van der Waals surface area contributed by atoms with Crippen LogP contribution in [-0.4, -0.2) is 37.0 Å². The third-order valence-electron chi connectivity index (χ3n) is 2.18. The van der Waals surface area contributed by atoms with Gasteiger partial charge in [0.25, 0.3) is 0 Å². The van der Waals surface area contributed by atoms with Gasteiger partial charge in [-0.15, -0.1) is 0 Å². The van der Waals surface area contributed by atoms with Gasteiger partial charge in [0.2, 0.25) is 11.8 Å². The van der Waals surface area contributed by atoms with Gasteiger partial charge in [0.1, 0.15) is 12.1 Å². The molecule has 1 saturated heterocycles. The maximum Gasteiger partial charge on any atom is 0.243 e. The first-order valence-corrected chi connectivity index (χ1v) is 4.70. The summed E-state index contributed by atoms with van der Waals surface area (Å²) in [6, 6.07) is -0.969. The quantitative estimate of drug-likeness (QED) is 0.408. The van der Waals surface area contributed by atoms with Gasteiger partial charge in [-0.3, -0.25) is 9.59 Å². The second-order valence-electron chi connectivity index (χ2n) is 3.28. The number of rotatable bonds is 4. The molecule has 6 N–H and O–H groups in total. The Kier molecular flexibility index (Phi) is 3.84. The highest BCUT2D eigenvalue weighted by atomic mass is 16.2. The number of amides is 2. The molecule has 2 unspecified atom stereocenters. The molecule has 1 aliphatic heterocycles.